The number of aryl methyl sites for hydroxylation is 1. The first kappa shape index (κ1) is 17.1. The summed E-state index contributed by atoms with van der Waals surface area (Å²) in [5, 5.41) is 0. The van der Waals surface area contributed by atoms with Crippen molar-refractivity contribution in [1.29, 1.82) is 0 Å². The molecule has 1 unspecified atom stereocenters. The molecule has 7 heteroatoms. The molecule has 24 heavy (non-hydrogen) atoms. The molecule has 2 saturated heterocycles. The SMILES string of the molecule is COCCN1CCC(c2cc(N3CC(C)OC3=O)nc(C)n2)CC1. The number of hydrogen-bond donors (Lipinski definition) is 0. The summed E-state index contributed by atoms with van der Waals surface area (Å²) in [6.45, 7) is 8.17. The van der Waals surface area contributed by atoms with Gasteiger partial charge in [0.1, 0.15) is 17.7 Å². The van der Waals surface area contributed by atoms with Crippen molar-refractivity contribution in [1.82, 2.24) is 14.9 Å². The molecule has 7 nitrogen and oxygen atoms in total. The van der Waals surface area contributed by atoms with E-state index in [2.05, 4.69) is 14.9 Å². The minimum atomic E-state index is -0.319. The van der Waals surface area contributed by atoms with E-state index in [4.69, 9.17) is 9.47 Å². The summed E-state index contributed by atoms with van der Waals surface area (Å²) >= 11 is 0. The van der Waals surface area contributed by atoms with Crippen LogP contribution in [0.3, 0.4) is 0 Å². The summed E-state index contributed by atoms with van der Waals surface area (Å²) in [4.78, 5) is 25.1. The number of carbonyl (C=O) groups excluding carboxylic acids is 1. The van der Waals surface area contributed by atoms with E-state index in [-0.39, 0.29) is 12.2 Å². The number of amides is 1. The molecule has 0 saturated carbocycles. The van der Waals surface area contributed by atoms with Gasteiger partial charge in [-0.15, -0.1) is 0 Å². The van der Waals surface area contributed by atoms with E-state index < -0.39 is 0 Å². The molecule has 1 atom stereocenters. The highest BCUT2D eigenvalue weighted by molar-refractivity contribution is 5.88. The Labute approximate surface area is 143 Å². The number of cyclic esters (lactones) is 1. The van der Waals surface area contributed by atoms with E-state index in [1.807, 2.05) is 19.9 Å². The second kappa shape index (κ2) is 7.44. The summed E-state index contributed by atoms with van der Waals surface area (Å²) in [6.07, 6.45) is 1.72. The van der Waals surface area contributed by atoms with Crippen LogP contribution in [0.4, 0.5) is 10.6 Å². The van der Waals surface area contributed by atoms with Crippen molar-refractivity contribution in [3.05, 3.63) is 17.6 Å². The zero-order valence-corrected chi connectivity index (χ0v) is 14.7. The lowest BCUT2D eigenvalue weighted by molar-refractivity contribution is 0.130. The highest BCUT2D eigenvalue weighted by atomic mass is 16.6. The van der Waals surface area contributed by atoms with Crippen LogP contribution in [0.5, 0.6) is 0 Å². The molecule has 3 heterocycles. The first-order valence-corrected chi connectivity index (χ1v) is 8.62. The Morgan fingerprint density at radius 2 is 2.08 bits per heavy atom. The van der Waals surface area contributed by atoms with Gasteiger partial charge in [0, 0.05) is 31.3 Å². The third kappa shape index (κ3) is 3.84. The lowest BCUT2D eigenvalue weighted by atomic mass is 9.93. The number of likely N-dealkylation sites (tertiary alicyclic amines) is 1. The molecule has 3 rings (SSSR count). The van der Waals surface area contributed by atoms with E-state index in [0.717, 1.165) is 44.8 Å². The number of nitrogens with zero attached hydrogens (tertiary/aromatic N) is 4. The van der Waals surface area contributed by atoms with Gasteiger partial charge in [-0.1, -0.05) is 0 Å². The minimum Gasteiger partial charge on any atom is -0.444 e. The number of ether oxygens (including phenoxy) is 2. The van der Waals surface area contributed by atoms with E-state index in [0.29, 0.717) is 24.1 Å². The maximum atomic E-state index is 12.0. The highest BCUT2D eigenvalue weighted by Crippen LogP contribution is 2.29. The molecule has 0 bridgehead atoms. The Balaban J connectivity index is 1.70. The van der Waals surface area contributed by atoms with Crippen molar-refractivity contribution >= 4 is 11.9 Å². The molecule has 132 valence electrons. The number of piperidine rings is 1. The van der Waals surface area contributed by atoms with E-state index in [1.54, 1.807) is 12.0 Å². The topological polar surface area (TPSA) is 67.8 Å². The van der Waals surface area contributed by atoms with Gasteiger partial charge in [-0.2, -0.15) is 0 Å². The first-order chi connectivity index (χ1) is 11.6. The van der Waals surface area contributed by atoms with Crippen molar-refractivity contribution in [3.63, 3.8) is 0 Å². The van der Waals surface area contributed by atoms with Crippen molar-refractivity contribution in [2.75, 3.05) is 44.8 Å². The van der Waals surface area contributed by atoms with Gasteiger partial charge in [0.2, 0.25) is 0 Å². The van der Waals surface area contributed by atoms with Gasteiger partial charge in [-0.3, -0.25) is 4.90 Å². The quantitative estimate of drug-likeness (QED) is 0.820. The zero-order chi connectivity index (χ0) is 17.1. The number of rotatable bonds is 5. The molecule has 0 aliphatic carbocycles. The molecule has 0 radical (unpaired) electrons. The Morgan fingerprint density at radius 1 is 1.33 bits per heavy atom. The summed E-state index contributed by atoms with van der Waals surface area (Å²) in [5.41, 5.74) is 1.04. The van der Waals surface area contributed by atoms with E-state index in [9.17, 15) is 4.79 Å². The van der Waals surface area contributed by atoms with Gasteiger partial charge in [-0.25, -0.2) is 14.8 Å². The smallest absolute Gasteiger partial charge is 0.415 e. The molecule has 2 fully saturated rings. The molecule has 2 aliphatic rings. The van der Waals surface area contributed by atoms with Crippen LogP contribution in [0.25, 0.3) is 0 Å². The predicted molar refractivity (Wildman–Crippen MR) is 90.3 cm³/mol. The van der Waals surface area contributed by atoms with Gasteiger partial charge >= 0.3 is 6.09 Å². The highest BCUT2D eigenvalue weighted by Gasteiger charge is 2.31. The summed E-state index contributed by atoms with van der Waals surface area (Å²) in [5.74, 6) is 1.78. The molecule has 0 aromatic carbocycles. The second-order valence-corrected chi connectivity index (χ2v) is 6.61. The van der Waals surface area contributed by atoms with Gasteiger partial charge in [0.15, 0.2) is 0 Å². The molecule has 1 amide bonds. The van der Waals surface area contributed by atoms with Crippen LogP contribution in [0.2, 0.25) is 0 Å². The van der Waals surface area contributed by atoms with E-state index in [1.165, 1.54) is 0 Å². The third-order valence-corrected chi connectivity index (χ3v) is 4.70. The van der Waals surface area contributed by atoms with E-state index >= 15 is 0 Å². The fraction of sp³-hybridized carbons (Fsp3) is 0.706. The Kier molecular flexibility index (Phi) is 5.30. The molecule has 1 aromatic rings. The van der Waals surface area contributed by atoms with Crippen molar-refractivity contribution in [3.8, 4) is 0 Å². The van der Waals surface area contributed by atoms with Gasteiger partial charge in [0.05, 0.1) is 13.2 Å². The normalized spacial score (nSPS) is 22.9. The Morgan fingerprint density at radius 3 is 2.71 bits per heavy atom. The van der Waals surface area contributed by atoms with Crippen LogP contribution in [0.1, 0.15) is 37.2 Å². The first-order valence-electron chi connectivity index (χ1n) is 8.62. The average Bonchev–Trinajstić information content (AvgIpc) is 2.91. The summed E-state index contributed by atoms with van der Waals surface area (Å²) in [7, 11) is 1.74. The lowest BCUT2D eigenvalue weighted by Crippen LogP contribution is -2.35. The standard InChI is InChI=1S/C17H26N4O3/c1-12-11-21(17(22)24-12)16-10-15(18-13(2)19-16)14-4-6-20(7-5-14)8-9-23-3/h10,12,14H,4-9,11H2,1-3H3. The molecular weight excluding hydrogens is 308 g/mol. The molecule has 0 spiro atoms. The fourth-order valence-electron chi connectivity index (χ4n) is 3.39. The number of aromatic nitrogens is 2. The molecule has 0 N–H and O–H groups in total. The Bertz CT molecular complexity index is 587. The van der Waals surface area contributed by atoms with Crippen LogP contribution in [0.15, 0.2) is 6.07 Å². The maximum Gasteiger partial charge on any atom is 0.415 e. The van der Waals surface area contributed by atoms with Crippen molar-refractivity contribution < 1.29 is 14.3 Å². The van der Waals surface area contributed by atoms with Crippen LogP contribution in [0, 0.1) is 6.92 Å². The Hall–Kier alpha value is -1.73. The van der Waals surface area contributed by atoms with Crippen molar-refractivity contribution in [2.45, 2.75) is 38.7 Å². The van der Waals surface area contributed by atoms with Gasteiger partial charge < -0.3 is 14.4 Å². The summed E-state index contributed by atoms with van der Waals surface area (Å²) in [6, 6.07) is 1.96. The van der Waals surface area contributed by atoms with Gasteiger partial charge in [0.25, 0.3) is 0 Å². The van der Waals surface area contributed by atoms with Gasteiger partial charge in [-0.05, 0) is 39.8 Å². The fourth-order valence-corrected chi connectivity index (χ4v) is 3.39. The number of anilines is 1. The maximum absolute atomic E-state index is 12.0. The van der Waals surface area contributed by atoms with Crippen LogP contribution >= 0.6 is 0 Å². The molecule has 1 aromatic heterocycles. The second-order valence-electron chi connectivity index (χ2n) is 6.61. The lowest BCUT2D eigenvalue weighted by Gasteiger charge is -2.31. The van der Waals surface area contributed by atoms with Crippen molar-refractivity contribution in [2.24, 2.45) is 0 Å². The number of methoxy groups -OCH3 is 1. The largest absolute Gasteiger partial charge is 0.444 e. The monoisotopic (exact) mass is 334 g/mol. The predicted octanol–water partition coefficient (Wildman–Crippen LogP) is 1.96. The zero-order valence-electron chi connectivity index (χ0n) is 14.7. The third-order valence-electron chi connectivity index (χ3n) is 4.70. The average molecular weight is 334 g/mol. The summed E-state index contributed by atoms with van der Waals surface area (Å²) < 4.78 is 10.4. The van der Waals surface area contributed by atoms with Crippen LogP contribution in [-0.2, 0) is 9.47 Å². The molecule has 2 aliphatic heterocycles. The number of hydrogen-bond acceptors (Lipinski definition) is 6. The number of carbonyl (C=O) groups is 1. The minimum absolute atomic E-state index is 0.0970. The van der Waals surface area contributed by atoms with Crippen LogP contribution in [-0.4, -0.2) is 67.0 Å². The molecular formula is C17H26N4O3. The van der Waals surface area contributed by atoms with Crippen LogP contribution < -0.4 is 4.90 Å².